The highest BCUT2D eigenvalue weighted by molar-refractivity contribution is 5.79. The maximum Gasteiger partial charge on any atom is 0.323 e. The monoisotopic (exact) mass is 239 g/mol. The van der Waals surface area contributed by atoms with E-state index in [0.717, 1.165) is 38.6 Å². The number of carboxylic acid groups (broad SMARTS) is 1. The van der Waals surface area contributed by atoms with Crippen LogP contribution in [0.15, 0.2) is 0 Å². The van der Waals surface area contributed by atoms with Gasteiger partial charge in [0.05, 0.1) is 0 Å². The number of hydrogen-bond acceptors (Lipinski definition) is 2. The van der Waals surface area contributed by atoms with E-state index in [1.54, 1.807) is 0 Å². The second-order valence-corrected chi connectivity index (χ2v) is 6.02. The van der Waals surface area contributed by atoms with Crippen LogP contribution >= 0.6 is 0 Å². The standard InChI is InChI=1S/C14H25NO2/c1-2-11-15-14(12(16)17)9-7-13(8-10-14)5-3-4-6-13/h15H,2-11H2,1H3,(H,16,17). The molecule has 0 saturated heterocycles. The normalized spacial score (nSPS) is 26.2. The zero-order valence-electron chi connectivity index (χ0n) is 10.9. The first kappa shape index (κ1) is 12.9. The number of carboxylic acids is 1. The molecular formula is C14H25NO2. The van der Waals surface area contributed by atoms with Crippen LogP contribution in [0, 0.1) is 5.41 Å². The van der Waals surface area contributed by atoms with Crippen LogP contribution in [0.3, 0.4) is 0 Å². The number of hydrogen-bond donors (Lipinski definition) is 2. The average molecular weight is 239 g/mol. The Morgan fingerprint density at radius 3 is 2.18 bits per heavy atom. The van der Waals surface area contributed by atoms with Gasteiger partial charge < -0.3 is 10.4 Å². The van der Waals surface area contributed by atoms with Gasteiger partial charge in [0, 0.05) is 0 Å². The molecule has 0 radical (unpaired) electrons. The second-order valence-electron chi connectivity index (χ2n) is 6.02. The maximum absolute atomic E-state index is 11.5. The zero-order valence-corrected chi connectivity index (χ0v) is 10.9. The first-order valence-electron chi connectivity index (χ1n) is 7.11. The summed E-state index contributed by atoms with van der Waals surface area (Å²) in [6, 6.07) is 0. The van der Waals surface area contributed by atoms with Gasteiger partial charge in [0.1, 0.15) is 5.54 Å². The van der Waals surface area contributed by atoms with Gasteiger partial charge in [-0.25, -0.2) is 0 Å². The van der Waals surface area contributed by atoms with Crippen LogP contribution in [0.25, 0.3) is 0 Å². The molecule has 3 heteroatoms. The summed E-state index contributed by atoms with van der Waals surface area (Å²) in [5.41, 5.74) is -0.114. The molecule has 0 bridgehead atoms. The molecule has 0 amide bonds. The molecule has 0 heterocycles. The summed E-state index contributed by atoms with van der Waals surface area (Å²) < 4.78 is 0. The molecule has 0 aliphatic heterocycles. The van der Waals surface area contributed by atoms with E-state index in [1.807, 2.05) is 0 Å². The van der Waals surface area contributed by atoms with E-state index in [2.05, 4.69) is 12.2 Å². The molecular weight excluding hydrogens is 214 g/mol. The van der Waals surface area contributed by atoms with Crippen molar-refractivity contribution in [3.8, 4) is 0 Å². The first-order chi connectivity index (χ1) is 8.13. The lowest BCUT2D eigenvalue weighted by atomic mass is 9.66. The number of aliphatic carboxylic acids is 1. The van der Waals surface area contributed by atoms with E-state index in [4.69, 9.17) is 0 Å². The lowest BCUT2D eigenvalue weighted by molar-refractivity contribution is -0.147. The number of carbonyl (C=O) groups is 1. The minimum atomic E-state index is -0.640. The summed E-state index contributed by atoms with van der Waals surface area (Å²) in [5.74, 6) is -0.640. The Morgan fingerprint density at radius 1 is 1.12 bits per heavy atom. The first-order valence-corrected chi connectivity index (χ1v) is 7.11. The largest absolute Gasteiger partial charge is 0.480 e. The van der Waals surface area contributed by atoms with E-state index in [1.165, 1.54) is 25.7 Å². The minimum Gasteiger partial charge on any atom is -0.480 e. The van der Waals surface area contributed by atoms with Gasteiger partial charge >= 0.3 is 5.97 Å². The smallest absolute Gasteiger partial charge is 0.323 e. The predicted molar refractivity (Wildman–Crippen MR) is 68.0 cm³/mol. The van der Waals surface area contributed by atoms with Gasteiger partial charge in [-0.1, -0.05) is 19.8 Å². The molecule has 0 aromatic rings. The third-order valence-electron chi connectivity index (χ3n) is 4.95. The van der Waals surface area contributed by atoms with Crippen molar-refractivity contribution in [1.29, 1.82) is 0 Å². The molecule has 2 N–H and O–H groups in total. The Labute approximate surface area is 104 Å². The van der Waals surface area contributed by atoms with Crippen molar-refractivity contribution in [3.63, 3.8) is 0 Å². The van der Waals surface area contributed by atoms with Gasteiger partial charge in [-0.05, 0) is 56.9 Å². The maximum atomic E-state index is 11.5. The van der Waals surface area contributed by atoms with E-state index in [9.17, 15) is 9.90 Å². The van der Waals surface area contributed by atoms with E-state index >= 15 is 0 Å². The van der Waals surface area contributed by atoms with Crippen LogP contribution in [-0.2, 0) is 4.79 Å². The Kier molecular flexibility index (Phi) is 3.76. The summed E-state index contributed by atoms with van der Waals surface area (Å²) in [7, 11) is 0. The van der Waals surface area contributed by atoms with Crippen molar-refractivity contribution in [2.45, 2.75) is 70.3 Å². The number of rotatable bonds is 4. The zero-order chi connectivity index (χ0) is 12.4. The Morgan fingerprint density at radius 2 is 1.71 bits per heavy atom. The van der Waals surface area contributed by atoms with Crippen LogP contribution in [0.4, 0.5) is 0 Å². The van der Waals surface area contributed by atoms with Gasteiger partial charge in [0.15, 0.2) is 0 Å². The molecule has 0 aromatic carbocycles. The molecule has 17 heavy (non-hydrogen) atoms. The summed E-state index contributed by atoms with van der Waals surface area (Å²) in [6.07, 6.45) is 10.2. The summed E-state index contributed by atoms with van der Waals surface area (Å²) in [4.78, 5) is 11.5. The molecule has 2 fully saturated rings. The Bertz CT molecular complexity index is 272. The molecule has 1 spiro atoms. The lowest BCUT2D eigenvalue weighted by Crippen LogP contribution is -2.55. The van der Waals surface area contributed by atoms with Crippen LogP contribution in [-0.4, -0.2) is 23.2 Å². The van der Waals surface area contributed by atoms with Crippen LogP contribution < -0.4 is 5.32 Å². The van der Waals surface area contributed by atoms with Crippen molar-refractivity contribution >= 4 is 5.97 Å². The molecule has 3 nitrogen and oxygen atoms in total. The van der Waals surface area contributed by atoms with Crippen molar-refractivity contribution in [2.75, 3.05) is 6.54 Å². The predicted octanol–water partition coefficient (Wildman–Crippen LogP) is 2.94. The summed E-state index contributed by atoms with van der Waals surface area (Å²) >= 11 is 0. The van der Waals surface area contributed by atoms with E-state index in [-0.39, 0.29) is 0 Å². The topological polar surface area (TPSA) is 49.3 Å². The molecule has 98 valence electrons. The fourth-order valence-corrected chi connectivity index (χ4v) is 3.66. The molecule has 0 unspecified atom stereocenters. The highest BCUT2D eigenvalue weighted by Gasteiger charge is 2.47. The van der Waals surface area contributed by atoms with Crippen LogP contribution in [0.5, 0.6) is 0 Å². The molecule has 2 saturated carbocycles. The van der Waals surface area contributed by atoms with Crippen molar-refractivity contribution < 1.29 is 9.90 Å². The van der Waals surface area contributed by atoms with Gasteiger partial charge in [-0.15, -0.1) is 0 Å². The van der Waals surface area contributed by atoms with Crippen LogP contribution in [0.1, 0.15) is 64.7 Å². The highest BCUT2D eigenvalue weighted by atomic mass is 16.4. The van der Waals surface area contributed by atoms with Gasteiger partial charge in [-0.2, -0.15) is 0 Å². The fourth-order valence-electron chi connectivity index (χ4n) is 3.66. The Hall–Kier alpha value is -0.570. The van der Waals surface area contributed by atoms with Crippen molar-refractivity contribution in [2.24, 2.45) is 5.41 Å². The molecule has 2 aliphatic carbocycles. The molecule has 2 rings (SSSR count). The van der Waals surface area contributed by atoms with Gasteiger partial charge in [0.2, 0.25) is 0 Å². The lowest BCUT2D eigenvalue weighted by Gasteiger charge is -2.43. The quantitative estimate of drug-likeness (QED) is 0.793. The number of nitrogens with one attached hydrogen (secondary N) is 1. The van der Waals surface area contributed by atoms with Crippen LogP contribution in [0.2, 0.25) is 0 Å². The Balaban J connectivity index is 1.99. The summed E-state index contributed by atoms with van der Waals surface area (Å²) in [5, 5.41) is 12.8. The third kappa shape index (κ3) is 2.49. The third-order valence-corrected chi connectivity index (χ3v) is 4.95. The van der Waals surface area contributed by atoms with Gasteiger partial charge in [0.25, 0.3) is 0 Å². The van der Waals surface area contributed by atoms with Gasteiger partial charge in [-0.3, -0.25) is 4.79 Å². The van der Waals surface area contributed by atoms with Crippen molar-refractivity contribution in [1.82, 2.24) is 5.32 Å². The highest BCUT2D eigenvalue weighted by Crippen LogP contribution is 2.51. The molecule has 0 atom stereocenters. The SMILES string of the molecule is CCCNC1(C(=O)O)CCC2(CCCC2)CC1. The van der Waals surface area contributed by atoms with E-state index in [0.29, 0.717) is 5.41 Å². The second kappa shape index (κ2) is 4.97. The molecule has 0 aromatic heterocycles. The fraction of sp³-hybridized carbons (Fsp3) is 0.929. The van der Waals surface area contributed by atoms with E-state index < -0.39 is 11.5 Å². The minimum absolute atomic E-state index is 0.507. The molecule has 2 aliphatic rings. The van der Waals surface area contributed by atoms with Crippen molar-refractivity contribution in [3.05, 3.63) is 0 Å². The summed E-state index contributed by atoms with van der Waals surface area (Å²) in [6.45, 7) is 2.91. The average Bonchev–Trinajstić information content (AvgIpc) is 2.77.